The number of rotatable bonds is 10. The Morgan fingerprint density at radius 3 is 2.53 bits per heavy atom. The Labute approximate surface area is 203 Å². The summed E-state index contributed by atoms with van der Waals surface area (Å²) in [5.41, 5.74) is 1.91. The van der Waals surface area contributed by atoms with Gasteiger partial charge < -0.3 is 19.9 Å². The number of hydrogen-bond acceptors (Lipinski definition) is 6. The lowest BCUT2D eigenvalue weighted by Crippen LogP contribution is -2.27. The van der Waals surface area contributed by atoms with Gasteiger partial charge in [0.1, 0.15) is 5.75 Å². The molecule has 4 rings (SSSR count). The predicted octanol–water partition coefficient (Wildman–Crippen LogP) is 4.23. The highest BCUT2D eigenvalue weighted by Crippen LogP contribution is 2.27. The second-order valence-corrected chi connectivity index (χ2v) is 9.61. The van der Waals surface area contributed by atoms with Gasteiger partial charge in [-0.15, -0.1) is 10.2 Å². The van der Waals surface area contributed by atoms with Crippen LogP contribution in [0.4, 0.5) is 5.69 Å². The van der Waals surface area contributed by atoms with Crippen LogP contribution in [-0.2, 0) is 11.3 Å². The average Bonchev–Trinajstić information content (AvgIpc) is 3.56. The second-order valence-electron chi connectivity index (χ2n) is 8.67. The number of methoxy groups -OCH3 is 1. The molecule has 2 amide bonds. The van der Waals surface area contributed by atoms with E-state index in [1.807, 2.05) is 28.8 Å². The number of para-hydroxylation sites is 1. The number of nitrogens with zero attached hydrogens (tertiary/aromatic N) is 3. The molecule has 0 saturated heterocycles. The number of carbonyl (C=O) groups excluding carboxylic acids is 2. The molecule has 0 atom stereocenters. The SMILES string of the molecule is COc1ccc(-c2nnc(SCC(=O)Nc3ccccc3C(=O)NC3CC3)n2CC(C)C)cc1. The van der Waals surface area contributed by atoms with Crippen LogP contribution in [0.2, 0.25) is 0 Å². The van der Waals surface area contributed by atoms with Crippen molar-refractivity contribution in [2.24, 2.45) is 5.92 Å². The minimum absolute atomic E-state index is 0.150. The summed E-state index contributed by atoms with van der Waals surface area (Å²) in [7, 11) is 1.63. The quantitative estimate of drug-likeness (QED) is 0.422. The van der Waals surface area contributed by atoms with Crippen molar-refractivity contribution < 1.29 is 14.3 Å². The fourth-order valence-electron chi connectivity index (χ4n) is 3.48. The third kappa shape index (κ3) is 5.96. The lowest BCUT2D eigenvalue weighted by molar-refractivity contribution is -0.113. The van der Waals surface area contributed by atoms with E-state index in [0.717, 1.165) is 36.5 Å². The van der Waals surface area contributed by atoms with Crippen molar-refractivity contribution in [2.75, 3.05) is 18.2 Å². The Bertz CT molecular complexity index is 1160. The summed E-state index contributed by atoms with van der Waals surface area (Å²) in [6.07, 6.45) is 2.01. The maximum absolute atomic E-state index is 12.7. The van der Waals surface area contributed by atoms with Gasteiger partial charge in [-0.3, -0.25) is 9.59 Å². The molecular formula is C25H29N5O3S. The lowest BCUT2D eigenvalue weighted by Gasteiger charge is -2.13. The number of benzene rings is 2. The summed E-state index contributed by atoms with van der Waals surface area (Å²) in [6, 6.07) is 15.0. The Hall–Kier alpha value is -3.33. The van der Waals surface area contributed by atoms with Crippen LogP contribution in [0.25, 0.3) is 11.4 Å². The molecule has 34 heavy (non-hydrogen) atoms. The second kappa shape index (κ2) is 10.7. The zero-order chi connectivity index (χ0) is 24.1. The van der Waals surface area contributed by atoms with Gasteiger partial charge in [0.25, 0.3) is 5.91 Å². The molecule has 1 heterocycles. The summed E-state index contributed by atoms with van der Waals surface area (Å²) < 4.78 is 7.29. The predicted molar refractivity (Wildman–Crippen MR) is 133 cm³/mol. The van der Waals surface area contributed by atoms with E-state index >= 15 is 0 Å². The minimum Gasteiger partial charge on any atom is -0.497 e. The van der Waals surface area contributed by atoms with Crippen molar-refractivity contribution >= 4 is 29.3 Å². The van der Waals surface area contributed by atoms with Crippen LogP contribution in [-0.4, -0.2) is 45.5 Å². The first-order chi connectivity index (χ1) is 16.4. The van der Waals surface area contributed by atoms with E-state index in [9.17, 15) is 9.59 Å². The van der Waals surface area contributed by atoms with E-state index in [1.165, 1.54) is 11.8 Å². The largest absolute Gasteiger partial charge is 0.497 e. The molecule has 0 spiro atoms. The zero-order valence-electron chi connectivity index (χ0n) is 19.6. The molecule has 0 radical (unpaired) electrons. The molecule has 178 valence electrons. The Morgan fingerprint density at radius 1 is 1.12 bits per heavy atom. The number of nitrogens with one attached hydrogen (secondary N) is 2. The van der Waals surface area contributed by atoms with Gasteiger partial charge >= 0.3 is 0 Å². The highest BCUT2D eigenvalue weighted by atomic mass is 32.2. The van der Waals surface area contributed by atoms with Crippen LogP contribution >= 0.6 is 11.8 Å². The average molecular weight is 480 g/mol. The molecule has 0 unspecified atom stereocenters. The molecule has 1 aliphatic rings. The summed E-state index contributed by atoms with van der Waals surface area (Å²) >= 11 is 1.33. The van der Waals surface area contributed by atoms with E-state index in [2.05, 4.69) is 34.7 Å². The number of carbonyl (C=O) groups is 2. The number of aromatic nitrogens is 3. The molecule has 0 bridgehead atoms. The first-order valence-corrected chi connectivity index (χ1v) is 12.3. The highest BCUT2D eigenvalue weighted by Gasteiger charge is 2.25. The molecule has 0 aliphatic heterocycles. The molecule has 3 aromatic rings. The standard InChI is InChI=1S/C25H29N5O3S/c1-16(2)14-30-23(17-8-12-19(33-3)13-9-17)28-29-25(30)34-15-22(31)27-21-7-5-4-6-20(21)24(32)26-18-10-11-18/h4-9,12-13,16,18H,10-11,14-15H2,1-3H3,(H,26,32)(H,27,31). The lowest BCUT2D eigenvalue weighted by atomic mass is 10.1. The van der Waals surface area contributed by atoms with Crippen molar-refractivity contribution in [3.8, 4) is 17.1 Å². The third-order valence-corrected chi connectivity index (χ3v) is 6.27. The molecule has 1 saturated carbocycles. The van der Waals surface area contributed by atoms with Crippen molar-refractivity contribution in [3.63, 3.8) is 0 Å². The number of ether oxygens (including phenoxy) is 1. The van der Waals surface area contributed by atoms with Gasteiger partial charge in [0, 0.05) is 18.2 Å². The van der Waals surface area contributed by atoms with Gasteiger partial charge in [-0.05, 0) is 55.2 Å². The Morgan fingerprint density at radius 2 is 1.85 bits per heavy atom. The number of hydrogen-bond donors (Lipinski definition) is 2. The van der Waals surface area contributed by atoms with E-state index in [4.69, 9.17) is 4.74 Å². The molecule has 2 N–H and O–H groups in total. The van der Waals surface area contributed by atoms with Crippen molar-refractivity contribution in [1.82, 2.24) is 20.1 Å². The first-order valence-electron chi connectivity index (χ1n) is 11.3. The van der Waals surface area contributed by atoms with Gasteiger partial charge in [-0.1, -0.05) is 37.7 Å². The van der Waals surface area contributed by atoms with Crippen molar-refractivity contribution in [1.29, 1.82) is 0 Å². The van der Waals surface area contributed by atoms with Gasteiger partial charge in [-0.25, -0.2) is 0 Å². The number of anilines is 1. The van der Waals surface area contributed by atoms with Gasteiger partial charge in [-0.2, -0.15) is 0 Å². The zero-order valence-corrected chi connectivity index (χ0v) is 20.4. The van der Waals surface area contributed by atoms with Crippen LogP contribution in [0.5, 0.6) is 5.75 Å². The first kappa shape index (κ1) is 23.8. The Balaban J connectivity index is 1.45. The molecule has 1 aliphatic carbocycles. The minimum atomic E-state index is -0.207. The smallest absolute Gasteiger partial charge is 0.253 e. The molecule has 9 heteroatoms. The van der Waals surface area contributed by atoms with Crippen LogP contribution < -0.4 is 15.4 Å². The third-order valence-electron chi connectivity index (χ3n) is 5.30. The number of thioether (sulfide) groups is 1. The summed E-state index contributed by atoms with van der Waals surface area (Å²) in [5, 5.41) is 15.3. The molecule has 1 fully saturated rings. The van der Waals surface area contributed by atoms with E-state index in [1.54, 1.807) is 31.4 Å². The van der Waals surface area contributed by atoms with Crippen LogP contribution in [0.1, 0.15) is 37.0 Å². The van der Waals surface area contributed by atoms with Crippen molar-refractivity contribution in [2.45, 2.75) is 44.4 Å². The highest BCUT2D eigenvalue weighted by molar-refractivity contribution is 7.99. The summed E-state index contributed by atoms with van der Waals surface area (Å²) in [5.74, 6) is 1.68. The molecule has 8 nitrogen and oxygen atoms in total. The summed E-state index contributed by atoms with van der Waals surface area (Å²) in [6.45, 7) is 4.98. The molecule has 2 aromatic carbocycles. The van der Waals surface area contributed by atoms with Crippen LogP contribution in [0.3, 0.4) is 0 Å². The fraction of sp³-hybridized carbons (Fsp3) is 0.360. The maximum Gasteiger partial charge on any atom is 0.253 e. The topological polar surface area (TPSA) is 98.1 Å². The fourth-order valence-corrected chi connectivity index (χ4v) is 4.22. The van der Waals surface area contributed by atoms with Gasteiger partial charge in [0.2, 0.25) is 5.91 Å². The molecule has 1 aromatic heterocycles. The van der Waals surface area contributed by atoms with Gasteiger partial charge in [0.05, 0.1) is 24.1 Å². The Kier molecular flexibility index (Phi) is 7.52. The number of amides is 2. The van der Waals surface area contributed by atoms with Crippen LogP contribution in [0.15, 0.2) is 53.7 Å². The van der Waals surface area contributed by atoms with E-state index < -0.39 is 0 Å². The van der Waals surface area contributed by atoms with Crippen LogP contribution in [0, 0.1) is 5.92 Å². The summed E-state index contributed by atoms with van der Waals surface area (Å²) in [4.78, 5) is 25.2. The van der Waals surface area contributed by atoms with E-state index in [0.29, 0.717) is 22.3 Å². The normalized spacial score (nSPS) is 13.1. The monoisotopic (exact) mass is 479 g/mol. The maximum atomic E-state index is 12.7. The van der Waals surface area contributed by atoms with Crippen molar-refractivity contribution in [3.05, 3.63) is 54.1 Å². The van der Waals surface area contributed by atoms with E-state index in [-0.39, 0.29) is 23.6 Å². The van der Waals surface area contributed by atoms with Gasteiger partial charge in [0.15, 0.2) is 11.0 Å². The molecular weight excluding hydrogens is 450 g/mol.